The summed E-state index contributed by atoms with van der Waals surface area (Å²) in [6, 6.07) is 10.2. The number of fused-ring (bicyclic) bond motifs is 2. The molecule has 0 amide bonds. The Morgan fingerprint density at radius 3 is 0.900 bits per heavy atom. The van der Waals surface area contributed by atoms with E-state index in [1.807, 2.05) is 22.7 Å². The molecule has 0 atom stereocenters. The predicted molar refractivity (Wildman–Crippen MR) is 280 cm³/mol. The van der Waals surface area contributed by atoms with E-state index < -0.39 is 0 Å². The molecule has 5 aromatic rings. The average molecular weight is 888 g/mol. The summed E-state index contributed by atoms with van der Waals surface area (Å²) in [5, 5.41) is 3.07. The molecule has 4 heterocycles. The van der Waals surface area contributed by atoms with Crippen molar-refractivity contribution in [3.63, 3.8) is 0 Å². The highest BCUT2D eigenvalue weighted by molar-refractivity contribution is 7.28. The van der Waals surface area contributed by atoms with Gasteiger partial charge in [-0.2, -0.15) is 0 Å². The summed E-state index contributed by atoms with van der Waals surface area (Å²) in [5.41, 5.74) is 6.37. The van der Waals surface area contributed by atoms with E-state index in [9.17, 15) is 0 Å². The van der Waals surface area contributed by atoms with Crippen LogP contribution in [0.4, 0.5) is 0 Å². The van der Waals surface area contributed by atoms with Crippen LogP contribution in [0.3, 0.4) is 0 Å². The first-order valence-electron chi connectivity index (χ1n) is 25.7. The Hall–Kier alpha value is -1.46. The van der Waals surface area contributed by atoms with E-state index in [1.54, 1.807) is 41.4 Å². The van der Waals surface area contributed by atoms with Gasteiger partial charge in [-0.25, -0.2) is 0 Å². The van der Waals surface area contributed by atoms with E-state index in [-0.39, 0.29) is 0 Å². The third kappa shape index (κ3) is 15.4. The number of unbranched alkanes of at least 4 members (excludes halogenated alkanes) is 26. The second-order valence-corrected chi connectivity index (χ2v) is 23.1. The van der Waals surface area contributed by atoms with Gasteiger partial charge < -0.3 is 0 Å². The van der Waals surface area contributed by atoms with Crippen LogP contribution in [0.25, 0.3) is 39.7 Å². The summed E-state index contributed by atoms with van der Waals surface area (Å²) in [5.74, 6) is 0. The minimum Gasteiger partial charge on any atom is -0.139 e. The lowest BCUT2D eigenvalue weighted by Gasteiger charge is -2.08. The molecule has 60 heavy (non-hydrogen) atoms. The first kappa shape index (κ1) is 49.6. The molecule has 0 aliphatic carbocycles. The summed E-state index contributed by atoms with van der Waals surface area (Å²) >= 11 is 8.26. The number of aryl methyl sites for hydroxylation is 6. The van der Waals surface area contributed by atoms with Crippen molar-refractivity contribution < 1.29 is 0 Å². The van der Waals surface area contributed by atoms with Crippen molar-refractivity contribution in [2.75, 3.05) is 0 Å². The molecular weight excluding hydrogens is 801 g/mol. The third-order valence-electron chi connectivity index (χ3n) is 13.3. The number of rotatable bonds is 34. The lowest BCUT2D eigenvalue weighted by Crippen LogP contribution is -1.88. The predicted octanol–water partition coefficient (Wildman–Crippen LogP) is 21.4. The van der Waals surface area contributed by atoms with Gasteiger partial charge in [0, 0.05) is 38.7 Å². The molecule has 0 spiro atoms. The zero-order valence-corrected chi connectivity index (χ0v) is 42.8. The van der Waals surface area contributed by atoms with Gasteiger partial charge in [-0.1, -0.05) is 195 Å². The van der Waals surface area contributed by atoms with Crippen LogP contribution in [-0.4, -0.2) is 0 Å². The maximum absolute atomic E-state index is 2.60. The van der Waals surface area contributed by atoms with Crippen molar-refractivity contribution in [2.24, 2.45) is 0 Å². The van der Waals surface area contributed by atoms with Crippen LogP contribution in [0.15, 0.2) is 24.3 Å². The Kier molecular flexibility index (Phi) is 23.4. The molecule has 0 aliphatic heterocycles. The third-order valence-corrected chi connectivity index (χ3v) is 18.2. The van der Waals surface area contributed by atoms with Crippen molar-refractivity contribution >= 4 is 65.5 Å². The molecule has 1 aromatic carbocycles. The van der Waals surface area contributed by atoms with Gasteiger partial charge in [0.15, 0.2) is 0 Å². The van der Waals surface area contributed by atoms with Gasteiger partial charge >= 0.3 is 0 Å². The van der Waals surface area contributed by atoms with Crippen LogP contribution in [0.5, 0.6) is 0 Å². The van der Waals surface area contributed by atoms with E-state index in [1.165, 1.54) is 223 Å². The van der Waals surface area contributed by atoms with Crippen molar-refractivity contribution in [3.05, 3.63) is 56.3 Å². The zero-order valence-electron chi connectivity index (χ0n) is 39.6. The SMILES string of the molecule is CCCCCCCCCCCCCCCCc1cc(C)sc1-c1cc2c(CC)c3sc(-c4sc(C)cc4CCCCCCCCCCCCCCCC)cc3c(CC)c2s1. The van der Waals surface area contributed by atoms with Crippen molar-refractivity contribution in [1.29, 1.82) is 0 Å². The minimum absolute atomic E-state index is 1.10. The summed E-state index contributed by atoms with van der Waals surface area (Å²) < 4.78 is 3.11. The smallest absolute Gasteiger partial charge is 0.0477 e. The molecule has 0 bridgehead atoms. The summed E-state index contributed by atoms with van der Waals surface area (Å²) in [7, 11) is 0. The summed E-state index contributed by atoms with van der Waals surface area (Å²) in [4.78, 5) is 9.06. The van der Waals surface area contributed by atoms with Gasteiger partial charge in [-0.05, 0) is 110 Å². The Morgan fingerprint density at radius 2 is 0.617 bits per heavy atom. The molecule has 4 aromatic heterocycles. The van der Waals surface area contributed by atoms with Crippen LogP contribution in [0.1, 0.15) is 239 Å². The molecule has 0 unspecified atom stereocenters. The monoisotopic (exact) mass is 887 g/mol. The van der Waals surface area contributed by atoms with Crippen LogP contribution in [0, 0.1) is 13.8 Å². The molecule has 334 valence electrons. The van der Waals surface area contributed by atoms with Gasteiger partial charge in [0.2, 0.25) is 0 Å². The van der Waals surface area contributed by atoms with Crippen molar-refractivity contribution in [3.8, 4) is 19.5 Å². The van der Waals surface area contributed by atoms with Crippen LogP contribution < -0.4 is 0 Å². The maximum Gasteiger partial charge on any atom is 0.0477 e. The fourth-order valence-electron chi connectivity index (χ4n) is 9.79. The minimum atomic E-state index is 1.10. The quantitative estimate of drug-likeness (QED) is 0.0361. The Balaban J connectivity index is 1.14. The Labute approximate surface area is 385 Å². The van der Waals surface area contributed by atoms with Crippen LogP contribution in [0.2, 0.25) is 0 Å². The van der Waals surface area contributed by atoms with E-state index in [0.717, 1.165) is 12.8 Å². The number of hydrogen-bond acceptors (Lipinski definition) is 4. The zero-order chi connectivity index (χ0) is 42.4. The molecular formula is C56H86S4. The first-order chi connectivity index (χ1) is 29.5. The van der Waals surface area contributed by atoms with Crippen LogP contribution in [-0.2, 0) is 25.7 Å². The molecule has 0 saturated heterocycles. The lowest BCUT2D eigenvalue weighted by molar-refractivity contribution is 0.535. The highest BCUT2D eigenvalue weighted by Crippen LogP contribution is 2.49. The molecule has 0 aliphatic rings. The Bertz CT molecular complexity index is 1720. The summed E-state index contributed by atoms with van der Waals surface area (Å²) in [6.45, 7) is 14.1. The molecule has 0 nitrogen and oxygen atoms in total. The number of hydrogen-bond donors (Lipinski definition) is 0. The van der Waals surface area contributed by atoms with Gasteiger partial charge in [0.1, 0.15) is 0 Å². The van der Waals surface area contributed by atoms with E-state index in [0.29, 0.717) is 0 Å². The fraction of sp³-hybridized carbons (Fsp3) is 0.679. The molecule has 0 fully saturated rings. The summed E-state index contributed by atoms with van der Waals surface area (Å²) in [6.07, 6.45) is 44.5. The Morgan fingerprint density at radius 1 is 0.333 bits per heavy atom. The van der Waals surface area contributed by atoms with E-state index >= 15 is 0 Å². The lowest BCUT2D eigenvalue weighted by atomic mass is 9.98. The van der Waals surface area contributed by atoms with Gasteiger partial charge in [0.05, 0.1) is 0 Å². The first-order valence-corrected chi connectivity index (χ1v) is 29.0. The largest absolute Gasteiger partial charge is 0.139 e. The molecule has 4 heteroatoms. The second kappa shape index (κ2) is 28.4. The van der Waals surface area contributed by atoms with Gasteiger partial charge in [-0.3, -0.25) is 0 Å². The molecule has 0 saturated carbocycles. The van der Waals surface area contributed by atoms with E-state index in [2.05, 4.69) is 88.5 Å². The number of benzene rings is 1. The average Bonchev–Trinajstić information content (AvgIpc) is 4.05. The highest BCUT2D eigenvalue weighted by atomic mass is 32.1. The fourth-order valence-corrected chi connectivity index (χ4v) is 14.8. The van der Waals surface area contributed by atoms with Crippen LogP contribution >= 0.6 is 45.3 Å². The van der Waals surface area contributed by atoms with Crippen molar-refractivity contribution in [2.45, 2.75) is 247 Å². The van der Waals surface area contributed by atoms with E-state index in [4.69, 9.17) is 0 Å². The van der Waals surface area contributed by atoms with Gasteiger partial charge in [-0.15, -0.1) is 45.3 Å². The second-order valence-electron chi connectivity index (χ2n) is 18.5. The molecule has 0 N–H and O–H groups in total. The topological polar surface area (TPSA) is 0 Å². The molecule has 5 rings (SSSR count). The standard InChI is InChI=1S/C56H86S4/c1-7-11-13-15-17-19-21-23-25-27-29-31-33-35-37-45-39-43(5)57-53(45)51-41-49-47(9-3)56-50(48(10-4)55(49)59-51)42-52(60-56)54-46(40-44(6)58-54)38-36-34-32-30-28-26-24-22-20-18-16-14-12-8-2/h39-42H,7-38H2,1-6H3. The normalized spacial score (nSPS) is 12.0. The van der Waals surface area contributed by atoms with Gasteiger partial charge in [0.25, 0.3) is 0 Å². The number of thiophene rings is 4. The highest BCUT2D eigenvalue weighted by Gasteiger charge is 2.22. The maximum atomic E-state index is 2.60. The molecule has 0 radical (unpaired) electrons. The van der Waals surface area contributed by atoms with Crippen molar-refractivity contribution in [1.82, 2.24) is 0 Å².